The molecule has 1 aromatic carbocycles. The maximum atomic E-state index is 13.0. The number of aromatic hydroxyl groups is 1. The van der Waals surface area contributed by atoms with Gasteiger partial charge in [0.1, 0.15) is 0 Å². The van der Waals surface area contributed by atoms with Crippen LogP contribution in [0.1, 0.15) is 30.0 Å². The van der Waals surface area contributed by atoms with Crippen molar-refractivity contribution in [2.75, 3.05) is 0 Å². The molecule has 0 bridgehead atoms. The number of fused-ring (bicyclic) bond motifs is 1. The van der Waals surface area contributed by atoms with Crippen LogP contribution in [0.5, 0.6) is 5.75 Å². The molecule has 2 rings (SSSR count). The van der Waals surface area contributed by atoms with Gasteiger partial charge in [0, 0.05) is 6.04 Å². The lowest BCUT2D eigenvalue weighted by atomic mass is 9.88. The van der Waals surface area contributed by atoms with Crippen LogP contribution in [0.3, 0.4) is 0 Å². The molecule has 0 saturated heterocycles. The van der Waals surface area contributed by atoms with Gasteiger partial charge in [-0.1, -0.05) is 0 Å². The topological polar surface area (TPSA) is 46.2 Å². The summed E-state index contributed by atoms with van der Waals surface area (Å²) in [5, 5.41) is 9.15. The minimum absolute atomic E-state index is 0.0705. The number of phenolic OH excluding ortho intramolecular Hbond substituents is 1. The van der Waals surface area contributed by atoms with Crippen molar-refractivity contribution in [3.05, 3.63) is 29.1 Å². The van der Waals surface area contributed by atoms with E-state index in [1.54, 1.807) is 0 Å². The Morgan fingerprint density at radius 1 is 1.46 bits per heavy atom. The Hall–Kier alpha value is -1.09. The smallest absolute Gasteiger partial charge is 0.165 e. The number of rotatable bonds is 0. The molecule has 1 aliphatic carbocycles. The van der Waals surface area contributed by atoms with Gasteiger partial charge in [-0.05, 0) is 42.5 Å². The summed E-state index contributed by atoms with van der Waals surface area (Å²) in [5.41, 5.74) is 7.65. The number of phenols is 1. The normalized spacial score (nSPS) is 21.2. The second kappa shape index (κ2) is 3.00. The highest BCUT2D eigenvalue weighted by Gasteiger charge is 2.18. The molecule has 0 aromatic heterocycles. The van der Waals surface area contributed by atoms with Crippen molar-refractivity contribution < 1.29 is 9.50 Å². The molecule has 3 N–H and O–H groups in total. The van der Waals surface area contributed by atoms with Crippen LogP contribution >= 0.6 is 0 Å². The molecule has 0 amide bonds. The Morgan fingerprint density at radius 3 is 3.00 bits per heavy atom. The van der Waals surface area contributed by atoms with Crippen molar-refractivity contribution in [3.63, 3.8) is 0 Å². The predicted molar refractivity (Wildman–Crippen MR) is 47.9 cm³/mol. The zero-order chi connectivity index (χ0) is 9.42. The van der Waals surface area contributed by atoms with Crippen LogP contribution in [-0.2, 0) is 6.42 Å². The lowest BCUT2D eigenvalue weighted by Crippen LogP contribution is -2.17. The fourth-order valence-corrected chi connectivity index (χ4v) is 1.85. The Morgan fingerprint density at radius 2 is 2.23 bits per heavy atom. The molecule has 1 aromatic rings. The summed E-state index contributed by atoms with van der Waals surface area (Å²) in [6, 6.07) is 2.77. The summed E-state index contributed by atoms with van der Waals surface area (Å²) in [7, 11) is 0. The number of halogens is 1. The molecule has 0 unspecified atom stereocenters. The summed E-state index contributed by atoms with van der Waals surface area (Å²) < 4.78 is 13.0. The maximum Gasteiger partial charge on any atom is 0.165 e. The molecule has 0 spiro atoms. The Kier molecular flexibility index (Phi) is 1.96. The molecule has 0 aliphatic heterocycles. The molecule has 1 aliphatic rings. The van der Waals surface area contributed by atoms with Gasteiger partial charge in [0.15, 0.2) is 11.6 Å². The van der Waals surface area contributed by atoms with Gasteiger partial charge in [-0.2, -0.15) is 0 Å². The Labute approximate surface area is 76.2 Å². The lowest BCUT2D eigenvalue weighted by molar-refractivity contribution is 0.427. The molecule has 1 atom stereocenters. The van der Waals surface area contributed by atoms with Crippen LogP contribution in [0, 0.1) is 5.82 Å². The third-order valence-corrected chi connectivity index (χ3v) is 2.57. The van der Waals surface area contributed by atoms with Crippen LogP contribution in [0.4, 0.5) is 4.39 Å². The number of hydrogen-bond donors (Lipinski definition) is 2. The van der Waals surface area contributed by atoms with Crippen molar-refractivity contribution in [1.29, 1.82) is 0 Å². The van der Waals surface area contributed by atoms with E-state index in [0.29, 0.717) is 0 Å². The van der Waals surface area contributed by atoms with Crippen LogP contribution in [0.2, 0.25) is 0 Å². The van der Waals surface area contributed by atoms with Crippen molar-refractivity contribution in [2.24, 2.45) is 5.73 Å². The van der Waals surface area contributed by atoms with E-state index < -0.39 is 5.82 Å². The van der Waals surface area contributed by atoms with Gasteiger partial charge in [0.2, 0.25) is 0 Å². The van der Waals surface area contributed by atoms with Gasteiger partial charge in [0.05, 0.1) is 0 Å². The third kappa shape index (κ3) is 1.40. The molecular weight excluding hydrogens is 169 g/mol. The van der Waals surface area contributed by atoms with E-state index in [2.05, 4.69) is 0 Å². The summed E-state index contributed by atoms with van der Waals surface area (Å²) in [6.45, 7) is 0. The first-order valence-electron chi connectivity index (χ1n) is 4.45. The average molecular weight is 181 g/mol. The molecule has 0 heterocycles. The zero-order valence-electron chi connectivity index (χ0n) is 7.26. The van der Waals surface area contributed by atoms with Crippen molar-refractivity contribution in [2.45, 2.75) is 25.3 Å². The highest BCUT2D eigenvalue weighted by Crippen LogP contribution is 2.31. The largest absolute Gasteiger partial charge is 0.505 e. The number of nitrogens with two attached hydrogens (primary N) is 1. The SMILES string of the molecule is N[C@H]1CCCc2cc(O)c(F)cc21. The van der Waals surface area contributed by atoms with Crippen LogP contribution in [-0.4, -0.2) is 5.11 Å². The quantitative estimate of drug-likeness (QED) is 0.641. The minimum Gasteiger partial charge on any atom is -0.505 e. The van der Waals surface area contributed by atoms with Gasteiger partial charge >= 0.3 is 0 Å². The summed E-state index contributed by atoms with van der Waals surface area (Å²) in [5.74, 6) is -0.844. The molecular formula is C10H12FNO. The molecule has 3 heteroatoms. The molecule has 70 valence electrons. The van der Waals surface area contributed by atoms with Gasteiger partial charge in [-0.15, -0.1) is 0 Å². The number of aryl methyl sites for hydroxylation is 1. The highest BCUT2D eigenvalue weighted by atomic mass is 19.1. The van der Waals surface area contributed by atoms with Gasteiger partial charge in [-0.3, -0.25) is 0 Å². The fourth-order valence-electron chi connectivity index (χ4n) is 1.85. The number of benzene rings is 1. The maximum absolute atomic E-state index is 13.0. The first-order valence-corrected chi connectivity index (χ1v) is 4.45. The van der Waals surface area contributed by atoms with E-state index in [4.69, 9.17) is 10.8 Å². The second-order valence-corrected chi connectivity index (χ2v) is 3.50. The van der Waals surface area contributed by atoms with Crippen molar-refractivity contribution in [3.8, 4) is 5.75 Å². The van der Waals surface area contributed by atoms with E-state index in [0.717, 1.165) is 30.4 Å². The lowest BCUT2D eigenvalue weighted by Gasteiger charge is -2.22. The van der Waals surface area contributed by atoms with E-state index in [-0.39, 0.29) is 11.8 Å². The number of hydrogen-bond acceptors (Lipinski definition) is 2. The zero-order valence-corrected chi connectivity index (χ0v) is 7.26. The molecule has 2 nitrogen and oxygen atoms in total. The second-order valence-electron chi connectivity index (χ2n) is 3.50. The molecule has 0 radical (unpaired) electrons. The molecule has 0 saturated carbocycles. The monoisotopic (exact) mass is 181 g/mol. The standard InChI is InChI=1S/C10H12FNO/c11-8-5-7-6(4-10(8)13)2-1-3-9(7)12/h4-5,9,13H,1-3,12H2/t9-/m0/s1. The van der Waals surface area contributed by atoms with Crippen molar-refractivity contribution >= 4 is 0 Å². The first-order chi connectivity index (χ1) is 6.18. The average Bonchev–Trinajstić information content (AvgIpc) is 2.09. The van der Waals surface area contributed by atoms with Crippen LogP contribution < -0.4 is 5.73 Å². The van der Waals surface area contributed by atoms with Crippen LogP contribution in [0.15, 0.2) is 12.1 Å². The van der Waals surface area contributed by atoms with E-state index >= 15 is 0 Å². The minimum atomic E-state index is -0.573. The van der Waals surface area contributed by atoms with E-state index in [1.165, 1.54) is 12.1 Å². The van der Waals surface area contributed by atoms with Gasteiger partial charge < -0.3 is 10.8 Å². The summed E-state index contributed by atoms with van der Waals surface area (Å²) in [6.07, 6.45) is 2.80. The van der Waals surface area contributed by atoms with Crippen molar-refractivity contribution in [1.82, 2.24) is 0 Å². The van der Waals surface area contributed by atoms with Gasteiger partial charge in [-0.25, -0.2) is 4.39 Å². The molecule has 0 fully saturated rings. The Bertz CT molecular complexity index is 338. The Balaban J connectivity index is 2.52. The predicted octanol–water partition coefficient (Wildman–Crippen LogP) is 1.87. The third-order valence-electron chi connectivity index (χ3n) is 2.57. The van der Waals surface area contributed by atoms with Gasteiger partial charge in [0.25, 0.3) is 0 Å². The highest BCUT2D eigenvalue weighted by molar-refractivity contribution is 5.39. The summed E-state index contributed by atoms with van der Waals surface area (Å²) in [4.78, 5) is 0. The van der Waals surface area contributed by atoms with E-state index in [9.17, 15) is 4.39 Å². The van der Waals surface area contributed by atoms with Crippen LogP contribution in [0.25, 0.3) is 0 Å². The first kappa shape index (κ1) is 8.51. The van der Waals surface area contributed by atoms with E-state index in [1.807, 2.05) is 0 Å². The molecule has 13 heavy (non-hydrogen) atoms. The summed E-state index contributed by atoms with van der Waals surface area (Å²) >= 11 is 0. The fraction of sp³-hybridized carbons (Fsp3) is 0.400.